The third-order valence-corrected chi connectivity index (χ3v) is 7.52. The molecule has 0 atom stereocenters. The number of sulfonamides is 1. The molecule has 0 spiro atoms. The molecule has 11 nitrogen and oxygen atoms in total. The highest BCUT2D eigenvalue weighted by atomic mass is 32.2. The SMILES string of the molecule is COc1ccccc1NS(=O)(=O)c1cccc(C(=O)N=NC(=O)c2cccc(-n3c(O)c4ccccc4c3O)c2)c1. The van der Waals surface area contributed by atoms with Gasteiger partial charge in [0.05, 0.1) is 23.4 Å². The van der Waals surface area contributed by atoms with Crippen molar-refractivity contribution in [3.05, 3.63) is 108 Å². The number of benzene rings is 4. The second kappa shape index (κ2) is 10.9. The molecule has 2 amide bonds. The molecular weight excluding hydrogens is 548 g/mol. The highest BCUT2D eigenvalue weighted by Gasteiger charge is 2.20. The number of aromatic nitrogens is 1. The van der Waals surface area contributed by atoms with Crippen LogP contribution in [-0.2, 0) is 10.0 Å². The number of amides is 2. The van der Waals surface area contributed by atoms with Crippen LogP contribution >= 0.6 is 0 Å². The average molecular weight is 571 g/mol. The summed E-state index contributed by atoms with van der Waals surface area (Å²) in [5.41, 5.74) is 0.429. The van der Waals surface area contributed by atoms with Crippen LogP contribution in [0, 0.1) is 0 Å². The Kier molecular flexibility index (Phi) is 7.23. The molecule has 41 heavy (non-hydrogen) atoms. The van der Waals surface area contributed by atoms with Crippen LogP contribution in [-0.4, -0.2) is 42.1 Å². The fourth-order valence-electron chi connectivity index (χ4n) is 4.17. The maximum absolute atomic E-state index is 12.9. The number of hydrogen-bond donors (Lipinski definition) is 3. The summed E-state index contributed by atoms with van der Waals surface area (Å²) in [4.78, 5) is 25.2. The number of fused-ring (bicyclic) bond motifs is 1. The highest BCUT2D eigenvalue weighted by molar-refractivity contribution is 7.92. The van der Waals surface area contributed by atoms with E-state index in [-0.39, 0.29) is 39.2 Å². The first-order valence-corrected chi connectivity index (χ1v) is 13.6. The Bertz CT molecular complexity index is 1910. The molecule has 5 aromatic rings. The van der Waals surface area contributed by atoms with E-state index in [1.54, 1.807) is 48.5 Å². The van der Waals surface area contributed by atoms with Gasteiger partial charge in [0.25, 0.3) is 21.8 Å². The van der Waals surface area contributed by atoms with Crippen molar-refractivity contribution in [2.24, 2.45) is 10.2 Å². The van der Waals surface area contributed by atoms with E-state index < -0.39 is 21.8 Å². The van der Waals surface area contributed by atoms with Gasteiger partial charge >= 0.3 is 0 Å². The molecule has 0 bridgehead atoms. The van der Waals surface area contributed by atoms with Crippen molar-refractivity contribution in [3.8, 4) is 23.2 Å². The normalized spacial score (nSPS) is 11.5. The van der Waals surface area contributed by atoms with Crippen molar-refractivity contribution in [1.82, 2.24) is 4.57 Å². The zero-order valence-electron chi connectivity index (χ0n) is 21.4. The van der Waals surface area contributed by atoms with Crippen molar-refractivity contribution in [1.29, 1.82) is 0 Å². The van der Waals surface area contributed by atoms with Crippen molar-refractivity contribution >= 4 is 38.3 Å². The number of rotatable bonds is 7. The number of ether oxygens (including phenoxy) is 1. The van der Waals surface area contributed by atoms with Crippen LogP contribution in [0.1, 0.15) is 20.7 Å². The average Bonchev–Trinajstić information content (AvgIpc) is 3.25. The summed E-state index contributed by atoms with van der Waals surface area (Å²) in [7, 11) is -2.68. The number of anilines is 1. The molecule has 0 aliphatic rings. The van der Waals surface area contributed by atoms with Gasteiger partial charge in [-0.3, -0.25) is 18.9 Å². The highest BCUT2D eigenvalue weighted by Crippen LogP contribution is 2.38. The summed E-state index contributed by atoms with van der Waals surface area (Å²) in [5.74, 6) is -1.91. The summed E-state index contributed by atoms with van der Waals surface area (Å²) >= 11 is 0. The van der Waals surface area contributed by atoms with Gasteiger partial charge in [-0.1, -0.05) is 36.4 Å². The number of carbonyl (C=O) groups is 2. The third-order valence-electron chi connectivity index (χ3n) is 6.16. The number of aromatic hydroxyl groups is 2. The van der Waals surface area contributed by atoms with Gasteiger partial charge in [-0.2, -0.15) is 0 Å². The molecule has 0 aliphatic heterocycles. The zero-order valence-corrected chi connectivity index (χ0v) is 22.2. The number of methoxy groups -OCH3 is 1. The number of nitrogens with zero attached hydrogens (tertiary/aromatic N) is 3. The van der Waals surface area contributed by atoms with E-state index in [0.717, 1.165) is 6.07 Å². The van der Waals surface area contributed by atoms with Gasteiger partial charge in [0.2, 0.25) is 11.8 Å². The molecule has 1 aromatic heterocycles. The third kappa shape index (κ3) is 5.36. The van der Waals surface area contributed by atoms with Gasteiger partial charge < -0.3 is 14.9 Å². The lowest BCUT2D eigenvalue weighted by Gasteiger charge is -2.11. The van der Waals surface area contributed by atoms with Crippen LogP contribution in [0.4, 0.5) is 5.69 Å². The monoisotopic (exact) mass is 570 g/mol. The van der Waals surface area contributed by atoms with Crippen molar-refractivity contribution in [3.63, 3.8) is 0 Å². The lowest BCUT2D eigenvalue weighted by molar-refractivity contribution is 0.0946. The summed E-state index contributed by atoms with van der Waals surface area (Å²) < 4.78 is 34.6. The Morgan fingerprint density at radius 1 is 0.756 bits per heavy atom. The van der Waals surface area contributed by atoms with Gasteiger partial charge in [0.1, 0.15) is 5.75 Å². The Labute approximate surface area is 234 Å². The van der Waals surface area contributed by atoms with Gasteiger partial charge in [-0.15, -0.1) is 10.2 Å². The van der Waals surface area contributed by atoms with Crippen molar-refractivity contribution in [2.75, 3.05) is 11.8 Å². The van der Waals surface area contributed by atoms with E-state index in [0.29, 0.717) is 16.5 Å². The van der Waals surface area contributed by atoms with Gasteiger partial charge in [0.15, 0.2) is 0 Å². The van der Waals surface area contributed by atoms with E-state index >= 15 is 0 Å². The molecule has 0 aliphatic carbocycles. The molecular formula is C29H22N4O7S. The summed E-state index contributed by atoms with van der Waals surface area (Å²) in [6.07, 6.45) is 0. The van der Waals surface area contributed by atoms with Gasteiger partial charge in [-0.25, -0.2) is 8.42 Å². The summed E-state index contributed by atoms with van der Waals surface area (Å²) in [6, 6.07) is 24.2. The molecule has 0 saturated carbocycles. The van der Waals surface area contributed by atoms with Crippen LogP contribution in [0.3, 0.4) is 0 Å². The minimum absolute atomic E-state index is 0.0351. The Morgan fingerprint density at radius 2 is 1.32 bits per heavy atom. The predicted molar refractivity (Wildman–Crippen MR) is 150 cm³/mol. The molecule has 0 radical (unpaired) electrons. The molecule has 1 heterocycles. The van der Waals surface area contributed by atoms with Gasteiger partial charge in [-0.05, 0) is 60.7 Å². The van der Waals surface area contributed by atoms with E-state index in [2.05, 4.69) is 15.0 Å². The lowest BCUT2D eigenvalue weighted by Crippen LogP contribution is -2.14. The topological polar surface area (TPSA) is 160 Å². The molecule has 0 fully saturated rings. The number of azo groups is 1. The quantitative estimate of drug-likeness (QED) is 0.224. The van der Waals surface area contributed by atoms with E-state index in [1.807, 2.05) is 0 Å². The van der Waals surface area contributed by atoms with Crippen LogP contribution in [0.5, 0.6) is 17.5 Å². The molecule has 206 valence electrons. The summed E-state index contributed by atoms with van der Waals surface area (Å²) in [6.45, 7) is 0. The first-order chi connectivity index (χ1) is 19.7. The minimum atomic E-state index is -4.09. The van der Waals surface area contributed by atoms with E-state index in [4.69, 9.17) is 4.74 Å². The molecule has 0 saturated heterocycles. The number of nitrogens with one attached hydrogen (secondary N) is 1. The van der Waals surface area contributed by atoms with Crippen LogP contribution in [0.15, 0.2) is 112 Å². The number of para-hydroxylation sites is 2. The maximum atomic E-state index is 12.9. The first kappa shape index (κ1) is 27.1. The molecule has 0 unspecified atom stereocenters. The predicted octanol–water partition coefficient (Wildman–Crippen LogP) is 5.28. The second-order valence-electron chi connectivity index (χ2n) is 8.72. The standard InChI is InChI=1S/C29H22N4O7S/c1-40-25-15-5-4-14-24(25)32-41(38,39)21-11-7-9-19(17-21)27(35)31-30-26(34)18-8-6-10-20(16-18)33-28(36)22-12-2-3-13-23(22)29(33)37/h2-17,32,36-37H,1H3. The van der Waals surface area contributed by atoms with Crippen molar-refractivity contribution < 1.29 is 33.0 Å². The second-order valence-corrected chi connectivity index (χ2v) is 10.4. The number of hydrogen-bond acceptors (Lipinski definition) is 7. The molecule has 12 heteroatoms. The molecule has 3 N–H and O–H groups in total. The van der Waals surface area contributed by atoms with E-state index in [9.17, 15) is 28.2 Å². The Hall–Kier alpha value is -5.49. The van der Waals surface area contributed by atoms with Crippen LogP contribution < -0.4 is 9.46 Å². The lowest BCUT2D eigenvalue weighted by atomic mass is 10.2. The molecule has 5 rings (SSSR count). The van der Waals surface area contributed by atoms with Crippen LogP contribution in [0.25, 0.3) is 16.5 Å². The fraction of sp³-hybridized carbons (Fsp3) is 0.0345. The smallest absolute Gasteiger partial charge is 0.295 e. The largest absolute Gasteiger partial charge is 0.495 e. The number of carbonyl (C=O) groups excluding carboxylic acids is 2. The van der Waals surface area contributed by atoms with Gasteiger partial charge in [0, 0.05) is 21.9 Å². The van der Waals surface area contributed by atoms with Crippen molar-refractivity contribution in [2.45, 2.75) is 4.90 Å². The minimum Gasteiger partial charge on any atom is -0.495 e. The fourth-order valence-corrected chi connectivity index (χ4v) is 5.29. The Balaban J connectivity index is 1.36. The Morgan fingerprint density at radius 3 is 1.95 bits per heavy atom. The zero-order chi connectivity index (χ0) is 29.1. The maximum Gasteiger partial charge on any atom is 0.295 e. The van der Waals surface area contributed by atoms with E-state index in [1.165, 1.54) is 54.1 Å². The first-order valence-electron chi connectivity index (χ1n) is 12.1. The summed E-state index contributed by atoms with van der Waals surface area (Å²) in [5, 5.41) is 29.1. The van der Waals surface area contributed by atoms with Crippen LogP contribution in [0.2, 0.25) is 0 Å². The molecule has 4 aromatic carbocycles.